The molecule has 0 radical (unpaired) electrons. The third-order valence-electron chi connectivity index (χ3n) is 2.96. The highest BCUT2D eigenvalue weighted by atomic mass is 79.9. The van der Waals surface area contributed by atoms with Gasteiger partial charge in [0, 0.05) is 17.6 Å². The molecule has 80 valence electrons. The minimum atomic E-state index is -0.376. The molecule has 1 aliphatic heterocycles. The first-order valence-corrected chi connectivity index (χ1v) is 6.18. The van der Waals surface area contributed by atoms with E-state index in [9.17, 15) is 4.79 Å². The molecule has 0 saturated carbocycles. The monoisotopic (exact) mass is 267 g/mol. The van der Waals surface area contributed by atoms with E-state index in [0.717, 1.165) is 23.1 Å². The second-order valence-corrected chi connectivity index (χ2v) is 5.08. The van der Waals surface area contributed by atoms with E-state index in [-0.39, 0.29) is 11.3 Å². The Bertz CT molecular complexity index is 400. The van der Waals surface area contributed by atoms with Crippen LogP contribution in [0.2, 0.25) is 0 Å². The second kappa shape index (κ2) is 3.63. The number of fused-ring (bicyclic) bond motifs is 1. The number of carbonyl (C=O) groups excluding carboxylic acids is 1. The van der Waals surface area contributed by atoms with Crippen LogP contribution >= 0.6 is 15.9 Å². The van der Waals surface area contributed by atoms with Crippen molar-refractivity contribution in [2.75, 3.05) is 16.8 Å². The van der Waals surface area contributed by atoms with Gasteiger partial charge in [0.1, 0.15) is 0 Å². The largest absolute Gasteiger partial charge is 0.311 e. The molecule has 1 aromatic rings. The van der Waals surface area contributed by atoms with E-state index in [4.69, 9.17) is 0 Å². The van der Waals surface area contributed by atoms with Crippen molar-refractivity contribution in [3.8, 4) is 0 Å². The van der Waals surface area contributed by atoms with Gasteiger partial charge in [0.25, 0.3) is 0 Å². The highest BCUT2D eigenvalue weighted by molar-refractivity contribution is 9.09. The molecule has 0 unspecified atom stereocenters. The predicted octanol–water partition coefficient (Wildman–Crippen LogP) is 2.71. The second-order valence-electron chi connectivity index (χ2n) is 4.29. The molecule has 15 heavy (non-hydrogen) atoms. The molecule has 1 amide bonds. The summed E-state index contributed by atoms with van der Waals surface area (Å²) in [4.78, 5) is 14.0. The number of amides is 1. The standard InChI is InChI=1S/C12H14BrNO/c1-12(2)9-5-3-4-6-10(9)14(8-7-13)11(12)15/h3-6H,7-8H2,1-2H3. The fourth-order valence-electron chi connectivity index (χ4n) is 2.11. The maximum atomic E-state index is 12.2. The summed E-state index contributed by atoms with van der Waals surface area (Å²) in [6, 6.07) is 8.03. The zero-order valence-corrected chi connectivity index (χ0v) is 10.5. The summed E-state index contributed by atoms with van der Waals surface area (Å²) < 4.78 is 0. The molecule has 1 aliphatic rings. The number of halogens is 1. The lowest BCUT2D eigenvalue weighted by Gasteiger charge is -2.19. The summed E-state index contributed by atoms with van der Waals surface area (Å²) in [6.07, 6.45) is 0. The summed E-state index contributed by atoms with van der Waals surface area (Å²) in [6.45, 7) is 4.71. The van der Waals surface area contributed by atoms with Crippen LogP contribution in [0.1, 0.15) is 19.4 Å². The average molecular weight is 268 g/mol. The SMILES string of the molecule is CC1(C)C(=O)N(CCBr)c2ccccc21. The Morgan fingerprint density at radius 2 is 2.00 bits per heavy atom. The quantitative estimate of drug-likeness (QED) is 0.755. The van der Waals surface area contributed by atoms with Gasteiger partial charge in [-0.15, -0.1) is 0 Å². The van der Waals surface area contributed by atoms with E-state index in [1.54, 1.807) is 0 Å². The van der Waals surface area contributed by atoms with Crippen LogP contribution in [-0.4, -0.2) is 17.8 Å². The number of carbonyl (C=O) groups is 1. The van der Waals surface area contributed by atoms with E-state index in [2.05, 4.69) is 15.9 Å². The molecule has 1 heterocycles. The van der Waals surface area contributed by atoms with Gasteiger partial charge in [-0.25, -0.2) is 0 Å². The normalized spacial score (nSPS) is 18.1. The van der Waals surface area contributed by atoms with Gasteiger partial charge in [-0.1, -0.05) is 34.1 Å². The molecular formula is C12H14BrNO. The summed E-state index contributed by atoms with van der Waals surface area (Å²) in [5.41, 5.74) is 1.82. The van der Waals surface area contributed by atoms with Crippen LogP contribution in [0.15, 0.2) is 24.3 Å². The Hall–Kier alpha value is -0.830. The van der Waals surface area contributed by atoms with Crippen molar-refractivity contribution in [1.82, 2.24) is 0 Å². The van der Waals surface area contributed by atoms with Gasteiger partial charge in [-0.3, -0.25) is 4.79 Å². The molecular weight excluding hydrogens is 254 g/mol. The van der Waals surface area contributed by atoms with Crippen LogP contribution in [0.5, 0.6) is 0 Å². The first kappa shape index (κ1) is 10.7. The third-order valence-corrected chi connectivity index (χ3v) is 3.31. The topological polar surface area (TPSA) is 20.3 Å². The van der Waals surface area contributed by atoms with Crippen molar-refractivity contribution in [3.05, 3.63) is 29.8 Å². The fraction of sp³-hybridized carbons (Fsp3) is 0.417. The Labute approximate surface area is 98.4 Å². The number of anilines is 1. The van der Waals surface area contributed by atoms with Crippen LogP contribution in [0.4, 0.5) is 5.69 Å². The van der Waals surface area contributed by atoms with Crippen molar-refractivity contribution in [1.29, 1.82) is 0 Å². The molecule has 0 spiro atoms. The van der Waals surface area contributed by atoms with Crippen LogP contribution < -0.4 is 4.90 Å². The van der Waals surface area contributed by atoms with Gasteiger partial charge in [0.2, 0.25) is 5.91 Å². The molecule has 0 bridgehead atoms. The highest BCUT2D eigenvalue weighted by Crippen LogP contribution is 2.40. The zero-order chi connectivity index (χ0) is 11.1. The van der Waals surface area contributed by atoms with Crippen LogP contribution in [-0.2, 0) is 10.2 Å². The van der Waals surface area contributed by atoms with E-state index in [1.807, 2.05) is 43.0 Å². The number of benzene rings is 1. The molecule has 3 heteroatoms. The Balaban J connectivity index is 2.52. The molecule has 0 aromatic heterocycles. The number of hydrogen-bond donors (Lipinski definition) is 0. The molecule has 0 atom stereocenters. The van der Waals surface area contributed by atoms with E-state index in [0.29, 0.717) is 0 Å². The first-order chi connectivity index (χ1) is 7.09. The number of hydrogen-bond acceptors (Lipinski definition) is 1. The van der Waals surface area contributed by atoms with E-state index in [1.165, 1.54) is 0 Å². The predicted molar refractivity (Wildman–Crippen MR) is 65.6 cm³/mol. The minimum absolute atomic E-state index is 0.197. The molecule has 0 saturated heterocycles. The summed E-state index contributed by atoms with van der Waals surface area (Å²) in [7, 11) is 0. The third kappa shape index (κ3) is 1.49. The lowest BCUT2D eigenvalue weighted by Crippen LogP contribution is -2.37. The van der Waals surface area contributed by atoms with Crippen molar-refractivity contribution in [2.45, 2.75) is 19.3 Å². The van der Waals surface area contributed by atoms with Gasteiger partial charge in [-0.05, 0) is 25.5 Å². The first-order valence-electron chi connectivity index (χ1n) is 5.06. The van der Waals surface area contributed by atoms with Crippen molar-refractivity contribution >= 4 is 27.5 Å². The van der Waals surface area contributed by atoms with Gasteiger partial charge < -0.3 is 4.90 Å². The molecule has 2 rings (SSSR count). The van der Waals surface area contributed by atoms with Crippen LogP contribution in [0.3, 0.4) is 0 Å². The van der Waals surface area contributed by atoms with Crippen LogP contribution in [0.25, 0.3) is 0 Å². The fourth-order valence-corrected chi connectivity index (χ4v) is 2.46. The van der Waals surface area contributed by atoms with Crippen LogP contribution in [0, 0.1) is 0 Å². The minimum Gasteiger partial charge on any atom is -0.311 e. The highest BCUT2D eigenvalue weighted by Gasteiger charge is 2.42. The maximum absolute atomic E-state index is 12.2. The average Bonchev–Trinajstić information content (AvgIpc) is 2.42. The molecule has 0 aliphatic carbocycles. The smallest absolute Gasteiger partial charge is 0.237 e. The zero-order valence-electron chi connectivity index (χ0n) is 8.96. The van der Waals surface area contributed by atoms with Crippen molar-refractivity contribution < 1.29 is 4.79 Å². The Kier molecular flexibility index (Phi) is 2.59. The number of rotatable bonds is 2. The van der Waals surface area contributed by atoms with Crippen molar-refractivity contribution in [3.63, 3.8) is 0 Å². The maximum Gasteiger partial charge on any atom is 0.237 e. The van der Waals surface area contributed by atoms with Gasteiger partial charge in [0.15, 0.2) is 0 Å². The Morgan fingerprint density at radius 3 is 2.67 bits per heavy atom. The summed E-state index contributed by atoms with van der Waals surface area (Å²) >= 11 is 3.38. The molecule has 0 N–H and O–H groups in total. The number of alkyl halides is 1. The lowest BCUT2D eigenvalue weighted by molar-refractivity contribution is -0.122. The molecule has 1 aromatic carbocycles. The number of nitrogens with zero attached hydrogens (tertiary/aromatic N) is 1. The van der Waals surface area contributed by atoms with Gasteiger partial charge in [-0.2, -0.15) is 0 Å². The van der Waals surface area contributed by atoms with E-state index >= 15 is 0 Å². The Morgan fingerprint density at radius 1 is 1.33 bits per heavy atom. The summed E-state index contributed by atoms with van der Waals surface area (Å²) in [5.74, 6) is 0.197. The molecule has 0 fully saturated rings. The van der Waals surface area contributed by atoms with Crippen molar-refractivity contribution in [2.24, 2.45) is 0 Å². The summed E-state index contributed by atoms with van der Waals surface area (Å²) in [5, 5.41) is 0.809. The molecule has 2 nitrogen and oxygen atoms in total. The number of para-hydroxylation sites is 1. The lowest BCUT2D eigenvalue weighted by atomic mass is 9.86. The van der Waals surface area contributed by atoms with Gasteiger partial charge >= 0.3 is 0 Å². The van der Waals surface area contributed by atoms with Gasteiger partial charge in [0.05, 0.1) is 5.41 Å². The van der Waals surface area contributed by atoms with E-state index < -0.39 is 0 Å².